The number of ether oxygens (including phenoxy) is 1. The number of aliphatic carboxylic acids is 1. The van der Waals surface area contributed by atoms with E-state index >= 15 is 0 Å². The van der Waals surface area contributed by atoms with Crippen molar-refractivity contribution >= 4 is 11.9 Å². The Hall–Kier alpha value is -1.14. The van der Waals surface area contributed by atoms with Crippen molar-refractivity contribution in [1.82, 2.24) is 4.90 Å². The molecule has 2 rings (SSSR count). The number of hydrogen-bond donors (Lipinski definition) is 2. The summed E-state index contributed by atoms with van der Waals surface area (Å²) in [6.07, 6.45) is 3.02. The van der Waals surface area contributed by atoms with Crippen LogP contribution in [-0.2, 0) is 14.3 Å². The van der Waals surface area contributed by atoms with Crippen LogP contribution in [0.3, 0.4) is 0 Å². The fourth-order valence-corrected chi connectivity index (χ4v) is 3.20. The lowest BCUT2D eigenvalue weighted by atomic mass is 9.94. The van der Waals surface area contributed by atoms with E-state index in [4.69, 9.17) is 10.5 Å². The molecule has 3 N–H and O–H groups in total. The van der Waals surface area contributed by atoms with E-state index < -0.39 is 12.0 Å². The molecule has 1 amide bonds. The molecule has 0 aromatic heterocycles. The molecule has 1 saturated carbocycles. The summed E-state index contributed by atoms with van der Waals surface area (Å²) in [6.45, 7) is 1.18. The second kappa shape index (κ2) is 5.67. The van der Waals surface area contributed by atoms with E-state index in [2.05, 4.69) is 0 Å². The average molecular weight is 256 g/mol. The molecule has 6 nitrogen and oxygen atoms in total. The third kappa shape index (κ3) is 2.49. The second-order valence-electron chi connectivity index (χ2n) is 5.03. The van der Waals surface area contributed by atoms with Crippen molar-refractivity contribution < 1.29 is 19.4 Å². The van der Waals surface area contributed by atoms with Crippen molar-refractivity contribution in [2.24, 2.45) is 17.6 Å². The Morgan fingerprint density at radius 3 is 2.83 bits per heavy atom. The molecule has 2 aliphatic rings. The summed E-state index contributed by atoms with van der Waals surface area (Å²) >= 11 is 0. The standard InChI is InChI=1S/C12H20N2O4/c13-4-5-18-7-10(15)14-6-8-2-1-3-9(8)11(14)12(16)17/h8-9,11H,1-7,13H2,(H,16,17). The molecule has 3 atom stereocenters. The van der Waals surface area contributed by atoms with Crippen LogP contribution in [0.5, 0.6) is 0 Å². The molecular weight excluding hydrogens is 236 g/mol. The zero-order valence-corrected chi connectivity index (χ0v) is 10.4. The van der Waals surface area contributed by atoms with Gasteiger partial charge in [-0.15, -0.1) is 0 Å². The van der Waals surface area contributed by atoms with Gasteiger partial charge in [0.05, 0.1) is 6.61 Å². The van der Waals surface area contributed by atoms with Gasteiger partial charge in [0.2, 0.25) is 5.91 Å². The molecule has 102 valence electrons. The third-order valence-corrected chi connectivity index (χ3v) is 3.95. The normalized spacial score (nSPS) is 30.5. The molecule has 0 radical (unpaired) electrons. The zero-order valence-electron chi connectivity index (χ0n) is 10.4. The highest BCUT2D eigenvalue weighted by atomic mass is 16.5. The Balaban J connectivity index is 1.98. The molecule has 0 spiro atoms. The van der Waals surface area contributed by atoms with Crippen molar-refractivity contribution in [1.29, 1.82) is 0 Å². The molecule has 1 aliphatic carbocycles. The van der Waals surface area contributed by atoms with E-state index in [0.717, 1.165) is 19.3 Å². The SMILES string of the molecule is NCCOCC(=O)N1CC2CCCC2C1C(=O)O. The van der Waals surface area contributed by atoms with Gasteiger partial charge < -0.3 is 20.5 Å². The molecule has 1 aliphatic heterocycles. The summed E-state index contributed by atoms with van der Waals surface area (Å²) < 4.78 is 5.10. The number of carboxylic acid groups (broad SMARTS) is 1. The quantitative estimate of drug-likeness (QED) is 0.657. The molecule has 2 fully saturated rings. The first-order chi connectivity index (χ1) is 8.65. The maximum Gasteiger partial charge on any atom is 0.326 e. The number of nitrogens with two attached hydrogens (primary N) is 1. The minimum absolute atomic E-state index is 0.0690. The van der Waals surface area contributed by atoms with Crippen LogP contribution in [0.25, 0.3) is 0 Å². The minimum atomic E-state index is -0.892. The van der Waals surface area contributed by atoms with Crippen LogP contribution in [0.4, 0.5) is 0 Å². The topological polar surface area (TPSA) is 92.9 Å². The van der Waals surface area contributed by atoms with Crippen molar-refractivity contribution in [3.8, 4) is 0 Å². The van der Waals surface area contributed by atoms with Crippen molar-refractivity contribution in [3.63, 3.8) is 0 Å². The van der Waals surface area contributed by atoms with Gasteiger partial charge in [-0.3, -0.25) is 4.79 Å². The molecule has 0 bridgehead atoms. The average Bonchev–Trinajstić information content (AvgIpc) is 2.87. The lowest BCUT2D eigenvalue weighted by Crippen LogP contribution is -2.44. The van der Waals surface area contributed by atoms with E-state index in [0.29, 0.717) is 25.6 Å². The van der Waals surface area contributed by atoms with Crippen molar-refractivity contribution in [2.75, 3.05) is 26.3 Å². The molecular formula is C12H20N2O4. The fraction of sp³-hybridized carbons (Fsp3) is 0.833. The summed E-state index contributed by atoms with van der Waals surface area (Å²) in [7, 11) is 0. The second-order valence-corrected chi connectivity index (χ2v) is 5.03. The number of likely N-dealkylation sites (tertiary alicyclic amines) is 1. The number of carbonyl (C=O) groups is 2. The van der Waals surface area contributed by atoms with Crippen LogP contribution in [0.1, 0.15) is 19.3 Å². The number of nitrogens with zero attached hydrogens (tertiary/aromatic N) is 1. The van der Waals surface area contributed by atoms with E-state index in [1.807, 2.05) is 0 Å². The summed E-state index contributed by atoms with van der Waals surface area (Å²) in [5.74, 6) is -0.646. The largest absolute Gasteiger partial charge is 0.480 e. The van der Waals surface area contributed by atoms with Gasteiger partial charge in [0, 0.05) is 13.1 Å². The smallest absolute Gasteiger partial charge is 0.326 e. The van der Waals surface area contributed by atoms with E-state index in [1.54, 1.807) is 0 Å². The monoisotopic (exact) mass is 256 g/mol. The molecule has 18 heavy (non-hydrogen) atoms. The predicted molar refractivity (Wildman–Crippen MR) is 63.8 cm³/mol. The molecule has 1 saturated heterocycles. The summed E-state index contributed by atoms with van der Waals surface area (Å²) in [5.41, 5.74) is 5.27. The Labute approximate surface area is 106 Å². The summed E-state index contributed by atoms with van der Waals surface area (Å²) in [5, 5.41) is 9.30. The summed E-state index contributed by atoms with van der Waals surface area (Å²) in [4.78, 5) is 24.8. The summed E-state index contributed by atoms with van der Waals surface area (Å²) in [6, 6.07) is -0.661. The van der Waals surface area contributed by atoms with Crippen LogP contribution < -0.4 is 5.73 Å². The van der Waals surface area contributed by atoms with Gasteiger partial charge in [-0.05, 0) is 24.7 Å². The molecule has 3 unspecified atom stereocenters. The van der Waals surface area contributed by atoms with Crippen LogP contribution in [0, 0.1) is 11.8 Å². The number of rotatable bonds is 5. The maximum atomic E-state index is 12.0. The van der Waals surface area contributed by atoms with Gasteiger partial charge in [0.1, 0.15) is 12.6 Å². The predicted octanol–water partition coefficient (Wildman–Crippen LogP) is -0.327. The fourth-order valence-electron chi connectivity index (χ4n) is 3.20. The molecule has 0 aromatic rings. The Morgan fingerprint density at radius 2 is 2.17 bits per heavy atom. The third-order valence-electron chi connectivity index (χ3n) is 3.95. The lowest BCUT2D eigenvalue weighted by molar-refractivity contribution is -0.151. The van der Waals surface area contributed by atoms with Gasteiger partial charge in [0.25, 0.3) is 0 Å². The number of amides is 1. The lowest BCUT2D eigenvalue weighted by Gasteiger charge is -2.24. The van der Waals surface area contributed by atoms with Crippen LogP contribution in [0.15, 0.2) is 0 Å². The van der Waals surface area contributed by atoms with Gasteiger partial charge >= 0.3 is 5.97 Å². The first-order valence-electron chi connectivity index (χ1n) is 6.45. The van der Waals surface area contributed by atoms with Crippen molar-refractivity contribution in [2.45, 2.75) is 25.3 Å². The highest BCUT2D eigenvalue weighted by molar-refractivity contribution is 5.85. The molecule has 0 aromatic carbocycles. The van der Waals surface area contributed by atoms with Gasteiger partial charge in [0.15, 0.2) is 0 Å². The number of carbonyl (C=O) groups excluding carboxylic acids is 1. The first kappa shape index (κ1) is 13.3. The van der Waals surface area contributed by atoms with Crippen LogP contribution in [-0.4, -0.2) is 54.2 Å². The highest BCUT2D eigenvalue weighted by Crippen LogP contribution is 2.42. The maximum absolute atomic E-state index is 12.0. The van der Waals surface area contributed by atoms with Gasteiger partial charge in [-0.1, -0.05) is 6.42 Å². The first-order valence-corrected chi connectivity index (χ1v) is 6.45. The molecule has 1 heterocycles. The van der Waals surface area contributed by atoms with Gasteiger partial charge in [-0.25, -0.2) is 4.79 Å². The highest BCUT2D eigenvalue weighted by Gasteiger charge is 2.49. The Kier molecular flexibility index (Phi) is 4.19. The van der Waals surface area contributed by atoms with Crippen LogP contribution >= 0.6 is 0 Å². The van der Waals surface area contributed by atoms with E-state index in [9.17, 15) is 14.7 Å². The van der Waals surface area contributed by atoms with E-state index in [1.165, 1.54) is 4.90 Å². The Morgan fingerprint density at radius 1 is 1.39 bits per heavy atom. The number of fused-ring (bicyclic) bond motifs is 1. The Bertz CT molecular complexity index is 334. The molecule has 6 heteroatoms. The minimum Gasteiger partial charge on any atom is -0.480 e. The van der Waals surface area contributed by atoms with E-state index in [-0.39, 0.29) is 18.4 Å². The zero-order chi connectivity index (χ0) is 13.1. The number of carboxylic acids is 1. The number of hydrogen-bond acceptors (Lipinski definition) is 4. The van der Waals surface area contributed by atoms with Crippen molar-refractivity contribution in [3.05, 3.63) is 0 Å². The van der Waals surface area contributed by atoms with Gasteiger partial charge in [-0.2, -0.15) is 0 Å². The van der Waals surface area contributed by atoms with Crippen LogP contribution in [0.2, 0.25) is 0 Å².